The molecule has 0 atom stereocenters. The molecule has 0 saturated heterocycles. The molecule has 0 fully saturated rings. The first-order valence-electron chi connectivity index (χ1n) is 7.39. The van der Waals surface area contributed by atoms with Gasteiger partial charge < -0.3 is 8.98 Å². The molecule has 5 nitrogen and oxygen atoms in total. The van der Waals surface area contributed by atoms with E-state index >= 15 is 0 Å². The fourth-order valence-corrected chi connectivity index (χ4v) is 2.95. The molecule has 0 aliphatic carbocycles. The van der Waals surface area contributed by atoms with Crippen molar-refractivity contribution in [2.75, 3.05) is 0 Å². The average Bonchev–Trinajstić information content (AvgIpc) is 3.14. The van der Waals surface area contributed by atoms with E-state index in [2.05, 4.69) is 57.9 Å². The molecule has 0 N–H and O–H groups in total. The number of hydrogen-bond donors (Lipinski definition) is 0. The summed E-state index contributed by atoms with van der Waals surface area (Å²) in [5.41, 5.74) is 5.68. The molecule has 2 aromatic carbocycles. The first kappa shape index (κ1) is 16.6. The molecule has 2 aromatic heterocycles. The Balaban J connectivity index is 0.00000169. The van der Waals surface area contributed by atoms with Crippen LogP contribution in [0.25, 0.3) is 28.2 Å². The SMILES string of the molecule is Cc1cccc(C)c1-n1c(C)nnc1-c1[c-]ccc2ocnc12.[Ir]. The summed E-state index contributed by atoms with van der Waals surface area (Å²) in [7, 11) is 0. The number of aromatic nitrogens is 4. The van der Waals surface area contributed by atoms with Gasteiger partial charge in [-0.1, -0.05) is 29.8 Å². The van der Waals surface area contributed by atoms with Crippen LogP contribution in [0.4, 0.5) is 0 Å². The number of nitrogens with zero attached hydrogens (tertiary/aromatic N) is 4. The van der Waals surface area contributed by atoms with E-state index in [0.29, 0.717) is 5.58 Å². The van der Waals surface area contributed by atoms with Crippen molar-refractivity contribution in [1.82, 2.24) is 19.7 Å². The Morgan fingerprint density at radius 3 is 2.54 bits per heavy atom. The van der Waals surface area contributed by atoms with Gasteiger partial charge in [0.2, 0.25) is 0 Å². The molecule has 0 spiro atoms. The van der Waals surface area contributed by atoms with Crippen LogP contribution in [0, 0.1) is 26.8 Å². The maximum absolute atomic E-state index is 5.39. The molecule has 2 heterocycles. The second kappa shape index (κ2) is 6.30. The molecule has 4 aromatic rings. The number of benzene rings is 2. The maximum atomic E-state index is 5.39. The molecule has 1 radical (unpaired) electrons. The normalized spacial score (nSPS) is 10.8. The molecule has 0 saturated carbocycles. The first-order valence-corrected chi connectivity index (χ1v) is 7.39. The van der Waals surface area contributed by atoms with E-state index in [-0.39, 0.29) is 20.1 Å². The van der Waals surface area contributed by atoms with Crippen molar-refractivity contribution in [3.63, 3.8) is 0 Å². The van der Waals surface area contributed by atoms with Gasteiger partial charge in [0.1, 0.15) is 5.82 Å². The van der Waals surface area contributed by atoms with E-state index in [1.54, 1.807) is 0 Å². The second-order valence-corrected chi connectivity index (χ2v) is 5.56. The zero-order chi connectivity index (χ0) is 16.0. The zero-order valence-corrected chi connectivity index (χ0v) is 15.9. The molecular formula is C18H15IrN4O-. The topological polar surface area (TPSA) is 56.7 Å². The van der Waals surface area contributed by atoms with Crippen molar-refractivity contribution in [3.05, 3.63) is 59.7 Å². The van der Waals surface area contributed by atoms with Gasteiger partial charge in [0.05, 0.1) is 11.4 Å². The number of aryl methyl sites for hydroxylation is 3. The van der Waals surface area contributed by atoms with Crippen LogP contribution in [0.3, 0.4) is 0 Å². The molecule has 6 heteroatoms. The summed E-state index contributed by atoms with van der Waals surface area (Å²) >= 11 is 0. The van der Waals surface area contributed by atoms with Crippen molar-refractivity contribution in [1.29, 1.82) is 0 Å². The minimum atomic E-state index is 0. The summed E-state index contributed by atoms with van der Waals surface area (Å²) in [4.78, 5) is 4.30. The number of fused-ring (bicyclic) bond motifs is 1. The standard InChI is InChI=1S/C18H15N4O.Ir/c1-11-6-4-7-12(2)17(11)22-13(3)20-21-18(22)14-8-5-9-15-16(14)19-10-23-15;/h4-7,9-10H,1-3H3;/q-1;. The quantitative estimate of drug-likeness (QED) is 0.397. The molecule has 0 unspecified atom stereocenters. The van der Waals surface area contributed by atoms with Crippen LogP contribution in [0.2, 0.25) is 0 Å². The minimum absolute atomic E-state index is 0. The molecular weight excluding hydrogens is 480 g/mol. The van der Waals surface area contributed by atoms with E-state index in [0.717, 1.165) is 28.4 Å². The Bertz CT molecular complexity index is 999. The average molecular weight is 496 g/mol. The Labute approximate surface area is 153 Å². The maximum Gasteiger partial charge on any atom is 0.170 e. The van der Waals surface area contributed by atoms with Crippen LogP contribution < -0.4 is 0 Å². The van der Waals surface area contributed by atoms with Crippen molar-refractivity contribution in [2.45, 2.75) is 20.8 Å². The summed E-state index contributed by atoms with van der Waals surface area (Å²) < 4.78 is 7.45. The van der Waals surface area contributed by atoms with Gasteiger partial charge in [-0.05, 0) is 31.9 Å². The van der Waals surface area contributed by atoms with Gasteiger partial charge >= 0.3 is 0 Å². The van der Waals surface area contributed by atoms with Crippen molar-refractivity contribution < 1.29 is 24.5 Å². The predicted octanol–water partition coefficient (Wildman–Crippen LogP) is 3.80. The van der Waals surface area contributed by atoms with Crippen LogP contribution in [0.5, 0.6) is 0 Å². The molecule has 0 aliphatic heterocycles. The number of hydrogen-bond acceptors (Lipinski definition) is 4. The van der Waals surface area contributed by atoms with Crippen molar-refractivity contribution in [2.24, 2.45) is 0 Å². The summed E-state index contributed by atoms with van der Waals surface area (Å²) in [6.07, 6.45) is 1.44. The summed E-state index contributed by atoms with van der Waals surface area (Å²) in [5, 5.41) is 8.65. The largest absolute Gasteiger partial charge is 0.464 e. The van der Waals surface area contributed by atoms with Gasteiger partial charge in [-0.3, -0.25) is 4.98 Å². The molecule has 0 amide bonds. The van der Waals surface area contributed by atoms with E-state index in [4.69, 9.17) is 4.42 Å². The molecule has 4 rings (SSSR count). The van der Waals surface area contributed by atoms with Gasteiger partial charge in [-0.2, -0.15) is 5.10 Å². The summed E-state index contributed by atoms with van der Waals surface area (Å²) in [6.45, 7) is 6.13. The monoisotopic (exact) mass is 496 g/mol. The van der Waals surface area contributed by atoms with Crippen LogP contribution in [-0.4, -0.2) is 19.7 Å². The third kappa shape index (κ3) is 2.48. The van der Waals surface area contributed by atoms with Crippen molar-refractivity contribution >= 4 is 11.1 Å². The fourth-order valence-electron chi connectivity index (χ4n) is 2.95. The smallest absolute Gasteiger partial charge is 0.170 e. The van der Waals surface area contributed by atoms with Gasteiger partial charge in [-0.15, -0.1) is 17.2 Å². The van der Waals surface area contributed by atoms with Crippen LogP contribution >= 0.6 is 0 Å². The number of oxazole rings is 1. The summed E-state index contributed by atoms with van der Waals surface area (Å²) in [6, 6.07) is 13.1. The van der Waals surface area contributed by atoms with Gasteiger partial charge in [0.15, 0.2) is 6.39 Å². The Morgan fingerprint density at radius 1 is 1.04 bits per heavy atom. The summed E-state index contributed by atoms with van der Waals surface area (Å²) in [5.74, 6) is 1.55. The third-order valence-corrected chi connectivity index (χ3v) is 4.01. The van der Waals surface area contributed by atoms with Gasteiger partial charge in [0, 0.05) is 31.3 Å². The third-order valence-electron chi connectivity index (χ3n) is 4.01. The number of para-hydroxylation sites is 1. The molecule has 24 heavy (non-hydrogen) atoms. The Kier molecular flexibility index (Phi) is 4.35. The molecule has 0 bridgehead atoms. The van der Waals surface area contributed by atoms with E-state index in [1.807, 2.05) is 19.1 Å². The Hall–Kier alpha value is -2.30. The molecule has 123 valence electrons. The van der Waals surface area contributed by atoms with Gasteiger partial charge in [-0.25, -0.2) is 0 Å². The van der Waals surface area contributed by atoms with Crippen molar-refractivity contribution in [3.8, 4) is 17.1 Å². The Morgan fingerprint density at radius 2 is 1.79 bits per heavy atom. The molecule has 0 aliphatic rings. The fraction of sp³-hybridized carbons (Fsp3) is 0.167. The second-order valence-electron chi connectivity index (χ2n) is 5.56. The number of rotatable bonds is 2. The predicted molar refractivity (Wildman–Crippen MR) is 87.4 cm³/mol. The van der Waals surface area contributed by atoms with Gasteiger partial charge in [0.25, 0.3) is 0 Å². The first-order chi connectivity index (χ1) is 11.2. The van der Waals surface area contributed by atoms with Crippen LogP contribution in [0.15, 0.2) is 41.1 Å². The van der Waals surface area contributed by atoms with Crippen LogP contribution in [0.1, 0.15) is 17.0 Å². The van der Waals surface area contributed by atoms with Crippen LogP contribution in [-0.2, 0) is 20.1 Å². The van der Waals surface area contributed by atoms with E-state index in [1.165, 1.54) is 17.5 Å². The van der Waals surface area contributed by atoms with E-state index < -0.39 is 0 Å². The minimum Gasteiger partial charge on any atom is -0.464 e. The zero-order valence-electron chi connectivity index (χ0n) is 13.5. The van der Waals surface area contributed by atoms with E-state index in [9.17, 15) is 0 Å².